The monoisotopic (exact) mass is 681 g/mol. The van der Waals surface area contributed by atoms with Crippen molar-refractivity contribution in [3.63, 3.8) is 0 Å². The second kappa shape index (κ2) is 11.8. The van der Waals surface area contributed by atoms with Gasteiger partial charge in [-0.05, 0) is 47.2 Å². The van der Waals surface area contributed by atoms with Gasteiger partial charge in [-0.1, -0.05) is 52.0 Å². The van der Waals surface area contributed by atoms with E-state index in [1.165, 1.54) is 16.8 Å². The van der Waals surface area contributed by atoms with Crippen molar-refractivity contribution in [1.29, 1.82) is 0 Å². The summed E-state index contributed by atoms with van der Waals surface area (Å²) in [5.41, 5.74) is 7.06. The SMILES string of the molecule is CC(C)c1cccc(C(C)C)c1-n1ccnc1-c1[c-]cccc1.Oc1cccc2oc3cccnc3c12.[Ir]. The van der Waals surface area contributed by atoms with Gasteiger partial charge >= 0.3 is 0 Å². The number of imidazole rings is 1. The number of nitrogens with zero attached hydrogens (tertiary/aromatic N) is 3. The first kappa shape index (κ1) is 27.3. The van der Waals surface area contributed by atoms with E-state index in [4.69, 9.17) is 4.42 Å². The van der Waals surface area contributed by atoms with Crippen molar-refractivity contribution in [2.45, 2.75) is 39.5 Å². The summed E-state index contributed by atoms with van der Waals surface area (Å²) in [7, 11) is 0. The third-order valence-corrected chi connectivity index (χ3v) is 6.41. The van der Waals surface area contributed by atoms with Crippen molar-refractivity contribution in [3.05, 3.63) is 109 Å². The third-order valence-electron chi connectivity index (χ3n) is 6.41. The molecule has 6 aromatic rings. The molecule has 6 heteroatoms. The Bertz CT molecular complexity index is 1630. The van der Waals surface area contributed by atoms with E-state index in [-0.39, 0.29) is 25.9 Å². The van der Waals surface area contributed by atoms with Crippen molar-refractivity contribution in [2.24, 2.45) is 0 Å². The maximum atomic E-state index is 9.66. The number of para-hydroxylation sites is 1. The first-order chi connectivity index (χ1) is 18.0. The fourth-order valence-electron chi connectivity index (χ4n) is 4.63. The first-order valence-corrected chi connectivity index (χ1v) is 12.5. The minimum Gasteiger partial charge on any atom is -0.507 e. The molecule has 195 valence electrons. The molecule has 3 aromatic heterocycles. The smallest absolute Gasteiger partial charge is 0.154 e. The van der Waals surface area contributed by atoms with Crippen LogP contribution >= 0.6 is 0 Å². The van der Waals surface area contributed by atoms with Crippen LogP contribution in [-0.2, 0) is 20.1 Å². The van der Waals surface area contributed by atoms with Crippen LogP contribution in [0.25, 0.3) is 39.1 Å². The molecule has 0 saturated carbocycles. The van der Waals surface area contributed by atoms with Gasteiger partial charge in [0.25, 0.3) is 0 Å². The quantitative estimate of drug-likeness (QED) is 0.191. The molecule has 3 heterocycles. The predicted octanol–water partition coefficient (Wildman–Crippen LogP) is 8.27. The van der Waals surface area contributed by atoms with Crippen molar-refractivity contribution < 1.29 is 29.6 Å². The van der Waals surface area contributed by atoms with Gasteiger partial charge in [0, 0.05) is 44.4 Å². The number of phenolic OH excluding ortho intramolecular Hbond substituents is 1. The van der Waals surface area contributed by atoms with Crippen LogP contribution in [0.1, 0.15) is 50.7 Å². The van der Waals surface area contributed by atoms with E-state index in [0.717, 1.165) is 11.4 Å². The topological polar surface area (TPSA) is 64.1 Å². The third kappa shape index (κ3) is 5.28. The Balaban J connectivity index is 0.000000191. The molecule has 0 unspecified atom stereocenters. The van der Waals surface area contributed by atoms with Gasteiger partial charge in [0.05, 0.1) is 11.2 Å². The second-order valence-electron chi connectivity index (χ2n) is 9.59. The molecule has 0 aliphatic carbocycles. The Morgan fingerprint density at radius 2 is 1.50 bits per heavy atom. The maximum Gasteiger partial charge on any atom is 0.154 e. The summed E-state index contributed by atoms with van der Waals surface area (Å²) in [4.78, 5) is 8.77. The fourth-order valence-corrected chi connectivity index (χ4v) is 4.63. The van der Waals surface area contributed by atoms with Gasteiger partial charge in [0.15, 0.2) is 5.58 Å². The van der Waals surface area contributed by atoms with Crippen molar-refractivity contribution >= 4 is 22.1 Å². The maximum absolute atomic E-state index is 9.66. The molecule has 1 N–H and O–H groups in total. The Morgan fingerprint density at radius 3 is 2.18 bits per heavy atom. The van der Waals surface area contributed by atoms with E-state index in [2.05, 4.69) is 78.8 Å². The number of aromatic hydroxyl groups is 1. The molecule has 1 radical (unpaired) electrons. The summed E-state index contributed by atoms with van der Waals surface area (Å²) in [5, 5.41) is 10.3. The van der Waals surface area contributed by atoms with Gasteiger partial charge in [-0.15, -0.1) is 35.9 Å². The van der Waals surface area contributed by atoms with Gasteiger partial charge in [-0.25, -0.2) is 0 Å². The Kier molecular flexibility index (Phi) is 8.45. The van der Waals surface area contributed by atoms with Crippen LogP contribution in [-0.4, -0.2) is 19.6 Å². The Morgan fingerprint density at radius 1 is 0.789 bits per heavy atom. The summed E-state index contributed by atoms with van der Waals surface area (Å²) < 4.78 is 7.73. The van der Waals surface area contributed by atoms with Crippen molar-refractivity contribution in [3.8, 4) is 22.8 Å². The zero-order chi connectivity index (χ0) is 25.9. The van der Waals surface area contributed by atoms with Crippen LogP contribution in [0.15, 0.2) is 95.8 Å². The summed E-state index contributed by atoms with van der Waals surface area (Å²) in [5.74, 6) is 2.07. The number of hydrogen-bond acceptors (Lipinski definition) is 4. The molecule has 0 saturated heterocycles. The molecule has 3 aromatic carbocycles. The van der Waals surface area contributed by atoms with Gasteiger partial charge < -0.3 is 14.1 Å². The van der Waals surface area contributed by atoms with E-state index >= 15 is 0 Å². The van der Waals surface area contributed by atoms with Gasteiger partial charge in [0.2, 0.25) is 0 Å². The number of fused-ring (bicyclic) bond motifs is 3. The molecular weight excluding hydrogens is 651 g/mol. The normalized spacial score (nSPS) is 11.0. The van der Waals surface area contributed by atoms with Crippen LogP contribution in [0.2, 0.25) is 0 Å². The van der Waals surface area contributed by atoms with Crippen molar-refractivity contribution in [1.82, 2.24) is 14.5 Å². The molecule has 0 spiro atoms. The van der Waals surface area contributed by atoms with E-state index in [0.29, 0.717) is 33.9 Å². The Labute approximate surface area is 236 Å². The largest absolute Gasteiger partial charge is 0.507 e. The first-order valence-electron chi connectivity index (χ1n) is 12.5. The number of furan rings is 1. The molecule has 0 aliphatic heterocycles. The van der Waals surface area contributed by atoms with Crippen LogP contribution in [0, 0.1) is 6.07 Å². The minimum atomic E-state index is 0. The number of hydrogen-bond donors (Lipinski definition) is 1. The zero-order valence-corrected chi connectivity index (χ0v) is 24.2. The van der Waals surface area contributed by atoms with Gasteiger partial charge in [-0.2, -0.15) is 0 Å². The van der Waals surface area contributed by atoms with E-state index in [9.17, 15) is 5.11 Å². The number of pyridine rings is 1. The second-order valence-corrected chi connectivity index (χ2v) is 9.59. The molecule has 0 aliphatic rings. The average Bonchev–Trinajstić information content (AvgIpc) is 3.54. The molecule has 5 nitrogen and oxygen atoms in total. The minimum absolute atomic E-state index is 0. The average molecular weight is 681 g/mol. The number of phenols is 1. The predicted molar refractivity (Wildman–Crippen MR) is 149 cm³/mol. The van der Waals surface area contributed by atoms with Gasteiger partial charge in [0.1, 0.15) is 16.8 Å². The summed E-state index contributed by atoms with van der Waals surface area (Å²) in [6, 6.07) is 26.8. The van der Waals surface area contributed by atoms with Crippen LogP contribution in [0.4, 0.5) is 0 Å². The summed E-state index contributed by atoms with van der Waals surface area (Å²) in [6.07, 6.45) is 5.62. The molecular formula is C32H30IrN3O2-. The summed E-state index contributed by atoms with van der Waals surface area (Å²) >= 11 is 0. The molecule has 0 amide bonds. The zero-order valence-electron chi connectivity index (χ0n) is 21.8. The number of rotatable bonds is 4. The molecule has 0 atom stereocenters. The molecule has 0 bridgehead atoms. The molecule has 6 rings (SSSR count). The van der Waals surface area contributed by atoms with Gasteiger partial charge in [-0.3, -0.25) is 9.97 Å². The van der Waals surface area contributed by atoms with Crippen LogP contribution in [0.5, 0.6) is 5.75 Å². The van der Waals surface area contributed by atoms with Crippen LogP contribution in [0.3, 0.4) is 0 Å². The van der Waals surface area contributed by atoms with E-state index < -0.39 is 0 Å². The number of aromatic nitrogens is 3. The Hall–Kier alpha value is -3.73. The standard InChI is InChI=1S/C21H23N2.C11H7NO2.Ir/c1-15(2)18-11-8-12-19(16(3)4)20(18)23-14-13-22-21(23)17-9-6-5-7-10-17;13-7-3-1-4-8-10(7)11-9(14-8)5-2-6-12-11;/h5-9,11-16H,1-4H3;1-6,13H;/q-1;;. The fraction of sp³-hybridized carbons (Fsp3) is 0.188. The van der Waals surface area contributed by atoms with E-state index in [1.807, 2.05) is 42.6 Å². The van der Waals surface area contributed by atoms with Crippen LogP contribution < -0.4 is 0 Å². The number of benzene rings is 3. The van der Waals surface area contributed by atoms with Crippen molar-refractivity contribution in [2.75, 3.05) is 0 Å². The molecule has 38 heavy (non-hydrogen) atoms. The summed E-state index contributed by atoms with van der Waals surface area (Å²) in [6.45, 7) is 8.98. The molecule has 0 fully saturated rings. The van der Waals surface area contributed by atoms with E-state index in [1.54, 1.807) is 18.3 Å².